The molecule has 3 heterocycles. The Morgan fingerprint density at radius 3 is 0.600 bits per heavy atom. The van der Waals surface area contributed by atoms with Crippen LogP contribution in [0.25, 0.3) is 0 Å². The Labute approximate surface area is 554 Å². The van der Waals surface area contributed by atoms with E-state index >= 15 is 0 Å². The summed E-state index contributed by atoms with van der Waals surface area (Å²) in [4.78, 5) is 0. The zero-order chi connectivity index (χ0) is 62.3. The van der Waals surface area contributed by atoms with Gasteiger partial charge in [-0.05, 0) is 31.9 Å². The second-order valence-electron chi connectivity index (χ2n) is 15.2. The number of rotatable bonds is 58. The molecule has 0 saturated heterocycles. The first-order valence-electron chi connectivity index (χ1n) is 27.2. The Balaban J connectivity index is 0. The third kappa shape index (κ3) is 66.4. The van der Waals surface area contributed by atoms with Crippen LogP contribution < -0.4 is 18.9 Å². The van der Waals surface area contributed by atoms with Gasteiger partial charge >= 0.3 is 24.8 Å². The standard InChI is InChI=1S/C20H34Br2O8S.C20H36O10S.C8H18O5.C4H2Br2S.BHNS/c2*21-1-3-23-5-7-25-9-11-27-13-15-29-19-17-31-18-20(19)30-16-14-28-12-10-26-8-6-24-4-2-22;9-1-3-11-5-7-13-8-6-12-4-2-10;5-3-1-7-2-4(3)6;1-2-3/h17-18H,1-16H2;17-18,21-22H,1-16H2;9-10H,1-8H2;1-2H;3H. The number of hydrogen-bond acceptors (Lipinski definition) is 28. The van der Waals surface area contributed by atoms with Gasteiger partial charge in [-0.25, -0.2) is 0 Å². The Bertz CT molecular complexity index is 1540. The fourth-order valence-electron chi connectivity index (χ4n) is 5.15. The molecule has 4 N–H and O–H groups in total. The zero-order valence-electron chi connectivity index (χ0n) is 48.5. The van der Waals surface area contributed by atoms with Crippen LogP contribution in [0.15, 0.2) is 45.5 Å². The molecule has 0 amide bonds. The first kappa shape index (κ1) is 86.7. The molecule has 0 aliphatic carbocycles. The molecule has 3 aromatic rings. The molecule has 0 spiro atoms. The van der Waals surface area contributed by atoms with E-state index in [1.54, 1.807) is 11.3 Å². The minimum absolute atomic E-state index is 0.0213. The maximum atomic E-state index is 8.57. The van der Waals surface area contributed by atoms with Crippen LogP contribution in [0.4, 0.5) is 0 Å². The van der Waals surface area contributed by atoms with E-state index < -0.39 is 0 Å². The molecule has 85 heavy (non-hydrogen) atoms. The summed E-state index contributed by atoms with van der Waals surface area (Å²) in [6, 6.07) is 0. The second kappa shape index (κ2) is 76.1. The summed E-state index contributed by atoms with van der Waals surface area (Å²) in [6.07, 6.45) is 0. The van der Waals surface area contributed by atoms with Crippen LogP contribution in [0.2, 0.25) is 0 Å². The Kier molecular flexibility index (Phi) is 77.7. The van der Waals surface area contributed by atoms with E-state index in [1.807, 2.05) is 32.3 Å². The molecule has 1 radical (unpaired) electrons. The molecule has 0 aromatic carbocycles. The van der Waals surface area contributed by atoms with Crippen molar-refractivity contribution in [1.29, 1.82) is 0 Å². The fourth-order valence-corrected chi connectivity index (χ4v) is 8.72. The van der Waals surface area contributed by atoms with Gasteiger partial charge in [0.1, 0.15) is 26.4 Å². The number of ether oxygens (including phenoxy) is 19. The van der Waals surface area contributed by atoms with Crippen LogP contribution in [-0.4, -0.2) is 290 Å². The van der Waals surface area contributed by atoms with Gasteiger partial charge in [-0.3, -0.25) is 0 Å². The summed E-state index contributed by atoms with van der Waals surface area (Å²) in [5.74, 6) is 2.83. The molecule has 3 aromatic heterocycles. The van der Waals surface area contributed by atoms with Crippen molar-refractivity contribution < 1.29 is 110 Å². The predicted octanol–water partition coefficient (Wildman–Crippen LogP) is 6.46. The molecule has 24 nitrogen and oxygen atoms in total. The maximum absolute atomic E-state index is 8.57. The normalized spacial score (nSPS) is 10.7. The monoisotopic (exact) mass is 1550 g/mol. The van der Waals surface area contributed by atoms with Gasteiger partial charge < -0.3 is 110 Å². The molecule has 3 rings (SSSR count). The Morgan fingerprint density at radius 2 is 0.447 bits per heavy atom. The molecule has 0 unspecified atom stereocenters. The minimum atomic E-state index is 0.0213. The Hall–Kier alpha value is -0.325. The fraction of sp³-hybridized carbons (Fsp3) is 0.769. The summed E-state index contributed by atoms with van der Waals surface area (Å²) < 4.78 is 107. The van der Waals surface area contributed by atoms with Crippen LogP contribution in [0, 0.1) is 0 Å². The van der Waals surface area contributed by atoms with Gasteiger partial charge in [-0.15, -0.1) is 22.7 Å². The number of thiophene rings is 3. The first-order chi connectivity index (χ1) is 41.9. The van der Waals surface area contributed by atoms with Crippen molar-refractivity contribution in [3.63, 3.8) is 0 Å². The number of halogens is 4. The molecule has 0 fully saturated rings. The third-order valence-corrected chi connectivity index (χ3v) is 14.0. The number of nitrogens with zero attached hydrogens (tertiary/aromatic N) is 1. The van der Waals surface area contributed by atoms with E-state index in [4.69, 9.17) is 110 Å². The van der Waals surface area contributed by atoms with Crippen LogP contribution >= 0.6 is 111 Å². The van der Waals surface area contributed by atoms with Gasteiger partial charge in [0.2, 0.25) is 0 Å². The van der Waals surface area contributed by atoms with Gasteiger partial charge in [0.05, 0.1) is 225 Å². The molecule has 497 valence electrons. The molecular formula is C52H91BBr4NO23S4. The number of aliphatic hydroxyl groups excluding tert-OH is 4. The zero-order valence-corrected chi connectivity index (χ0v) is 58.2. The summed E-state index contributed by atoms with van der Waals surface area (Å²) in [6.45, 7) is 16.8. The third-order valence-electron chi connectivity index (χ3n) is 8.80. The summed E-state index contributed by atoms with van der Waals surface area (Å²) in [7, 11) is 4.34. The molecule has 0 atom stereocenters. The van der Waals surface area contributed by atoms with E-state index in [-0.39, 0.29) is 26.4 Å². The van der Waals surface area contributed by atoms with Crippen molar-refractivity contribution in [1.82, 2.24) is 0 Å². The van der Waals surface area contributed by atoms with Crippen LogP contribution in [0.5, 0.6) is 23.0 Å². The predicted molar refractivity (Wildman–Crippen MR) is 346 cm³/mol. The van der Waals surface area contributed by atoms with E-state index in [2.05, 4.69) is 88.5 Å². The van der Waals surface area contributed by atoms with Crippen LogP contribution in [0.1, 0.15) is 0 Å². The Morgan fingerprint density at radius 1 is 0.294 bits per heavy atom. The van der Waals surface area contributed by atoms with E-state index in [0.29, 0.717) is 236 Å². The van der Waals surface area contributed by atoms with Crippen LogP contribution in [-0.2, 0) is 71.1 Å². The quantitative estimate of drug-likeness (QED) is 0.0176. The molecular weight excluding hydrogens is 1470 g/mol. The van der Waals surface area contributed by atoms with Crippen molar-refractivity contribution in [2.45, 2.75) is 0 Å². The number of thiol groups is 1. The van der Waals surface area contributed by atoms with Crippen molar-refractivity contribution in [2.75, 3.05) is 262 Å². The number of aliphatic hydroxyl groups is 4. The molecule has 0 saturated carbocycles. The van der Waals surface area contributed by atoms with Gasteiger partial charge in [-0.2, -0.15) is 11.3 Å². The van der Waals surface area contributed by atoms with Crippen molar-refractivity contribution in [3.8, 4) is 23.0 Å². The summed E-state index contributed by atoms with van der Waals surface area (Å²) >= 11 is 21.2. The van der Waals surface area contributed by atoms with E-state index in [1.165, 1.54) is 22.7 Å². The van der Waals surface area contributed by atoms with Crippen molar-refractivity contribution >= 4 is 118 Å². The summed E-state index contributed by atoms with van der Waals surface area (Å²) in [5, 5.41) is 47.2. The van der Waals surface area contributed by atoms with Gasteiger partial charge in [0, 0.05) is 51.9 Å². The molecule has 0 aliphatic rings. The van der Waals surface area contributed by atoms with Crippen LogP contribution in [0.3, 0.4) is 0 Å². The summed E-state index contributed by atoms with van der Waals surface area (Å²) in [5.41, 5.74) is 0. The second-order valence-corrected chi connectivity index (χ2v) is 21.0. The average Bonchev–Trinajstić information content (AvgIpc) is 4.31. The first-order valence-corrected chi connectivity index (χ1v) is 34.2. The van der Waals surface area contributed by atoms with Gasteiger partial charge in [0.15, 0.2) is 23.0 Å². The molecule has 0 bridgehead atoms. The van der Waals surface area contributed by atoms with E-state index in [0.717, 1.165) is 31.1 Å². The number of alkyl halides is 2. The van der Waals surface area contributed by atoms with Crippen molar-refractivity contribution in [2.24, 2.45) is 4.30 Å². The molecule has 0 aliphatic heterocycles. The van der Waals surface area contributed by atoms with Gasteiger partial charge in [0.25, 0.3) is 0 Å². The van der Waals surface area contributed by atoms with Gasteiger partial charge in [-0.1, -0.05) is 31.9 Å². The number of hydrogen-bond donors (Lipinski definition) is 5. The van der Waals surface area contributed by atoms with E-state index in [9.17, 15) is 0 Å². The SMILES string of the molecule is BrCCOCCOCCOCCOc1cscc1OCCOCCOCCOCCBr.Brc1cscc1Br.OCCOCCOCCOCCO.OCCOCCOCCOCCOc1cscc1OCCOCCOCCOCCO.[B]=NS. The van der Waals surface area contributed by atoms with Crippen molar-refractivity contribution in [3.05, 3.63) is 41.2 Å². The average molecular weight is 1560 g/mol. The molecule has 33 heteroatoms. The topological polar surface area (TPSA) is 269 Å².